The molecule has 110 valence electrons. The number of aromatic nitrogens is 1. The SMILES string of the molecule is COc1c(C)cnc(CC(=O)c2ccc(F)cc2Cl)c1C. The van der Waals surface area contributed by atoms with Crippen LogP contribution in [0.15, 0.2) is 24.4 Å². The van der Waals surface area contributed by atoms with Gasteiger partial charge in [-0.2, -0.15) is 0 Å². The molecule has 0 radical (unpaired) electrons. The maximum atomic E-state index is 13.0. The van der Waals surface area contributed by atoms with E-state index >= 15 is 0 Å². The van der Waals surface area contributed by atoms with Gasteiger partial charge >= 0.3 is 0 Å². The zero-order chi connectivity index (χ0) is 15.6. The molecule has 2 rings (SSSR count). The molecule has 0 N–H and O–H groups in total. The van der Waals surface area contributed by atoms with Crippen LogP contribution in [0, 0.1) is 19.7 Å². The van der Waals surface area contributed by atoms with Crippen LogP contribution in [0.2, 0.25) is 5.02 Å². The number of carbonyl (C=O) groups excluding carboxylic acids is 1. The van der Waals surface area contributed by atoms with Crippen molar-refractivity contribution in [2.75, 3.05) is 7.11 Å². The van der Waals surface area contributed by atoms with Crippen LogP contribution in [0.4, 0.5) is 4.39 Å². The van der Waals surface area contributed by atoms with Gasteiger partial charge in [0, 0.05) is 22.9 Å². The summed E-state index contributed by atoms with van der Waals surface area (Å²) in [7, 11) is 1.58. The summed E-state index contributed by atoms with van der Waals surface area (Å²) in [6.45, 7) is 3.75. The summed E-state index contributed by atoms with van der Waals surface area (Å²) in [4.78, 5) is 16.6. The van der Waals surface area contributed by atoms with E-state index in [2.05, 4.69) is 4.98 Å². The van der Waals surface area contributed by atoms with Crippen molar-refractivity contribution in [1.29, 1.82) is 0 Å². The second kappa shape index (κ2) is 6.22. The summed E-state index contributed by atoms with van der Waals surface area (Å²) in [5, 5.41) is 0.108. The highest BCUT2D eigenvalue weighted by atomic mass is 35.5. The van der Waals surface area contributed by atoms with Crippen molar-refractivity contribution >= 4 is 17.4 Å². The van der Waals surface area contributed by atoms with E-state index in [9.17, 15) is 9.18 Å². The molecule has 1 aromatic carbocycles. The van der Waals surface area contributed by atoms with Crippen LogP contribution in [0.1, 0.15) is 27.2 Å². The maximum Gasteiger partial charge on any atom is 0.170 e. The molecule has 2 aromatic rings. The molecule has 3 nitrogen and oxygen atoms in total. The van der Waals surface area contributed by atoms with Crippen molar-refractivity contribution in [1.82, 2.24) is 4.98 Å². The zero-order valence-corrected chi connectivity index (χ0v) is 12.8. The minimum absolute atomic E-state index is 0.0911. The fourth-order valence-corrected chi connectivity index (χ4v) is 2.48. The lowest BCUT2D eigenvalue weighted by atomic mass is 10.0. The maximum absolute atomic E-state index is 13.0. The average molecular weight is 308 g/mol. The minimum Gasteiger partial charge on any atom is -0.496 e. The van der Waals surface area contributed by atoms with Crippen LogP contribution in [-0.4, -0.2) is 17.9 Å². The Bertz CT molecular complexity index is 701. The van der Waals surface area contributed by atoms with Gasteiger partial charge in [-0.05, 0) is 32.0 Å². The Kier molecular flexibility index (Phi) is 4.58. The predicted octanol–water partition coefficient (Wildman–Crippen LogP) is 3.92. The largest absolute Gasteiger partial charge is 0.496 e. The van der Waals surface area contributed by atoms with E-state index in [0.717, 1.165) is 22.9 Å². The van der Waals surface area contributed by atoms with E-state index in [-0.39, 0.29) is 17.2 Å². The van der Waals surface area contributed by atoms with Crippen LogP contribution >= 0.6 is 11.6 Å². The predicted molar refractivity (Wildman–Crippen MR) is 79.7 cm³/mol. The molecule has 0 atom stereocenters. The third-order valence-corrected chi connectivity index (χ3v) is 3.62. The Morgan fingerprint density at radius 2 is 2.10 bits per heavy atom. The molecule has 1 aromatic heterocycles. The molecule has 0 aliphatic heterocycles. The molecule has 0 amide bonds. The highest BCUT2D eigenvalue weighted by molar-refractivity contribution is 6.34. The van der Waals surface area contributed by atoms with Crippen LogP contribution < -0.4 is 4.74 Å². The molecule has 21 heavy (non-hydrogen) atoms. The Morgan fingerprint density at radius 3 is 2.71 bits per heavy atom. The Hall–Kier alpha value is -1.94. The third-order valence-electron chi connectivity index (χ3n) is 3.31. The first-order valence-corrected chi connectivity index (χ1v) is 6.79. The fraction of sp³-hybridized carbons (Fsp3) is 0.250. The van der Waals surface area contributed by atoms with Gasteiger partial charge in [-0.25, -0.2) is 4.39 Å². The molecular weight excluding hydrogens is 293 g/mol. The first kappa shape index (κ1) is 15.4. The van der Waals surface area contributed by atoms with Gasteiger partial charge < -0.3 is 4.74 Å². The lowest BCUT2D eigenvalue weighted by Gasteiger charge is -2.12. The van der Waals surface area contributed by atoms with Crippen molar-refractivity contribution in [2.45, 2.75) is 20.3 Å². The number of nitrogens with zero attached hydrogens (tertiary/aromatic N) is 1. The topological polar surface area (TPSA) is 39.2 Å². The van der Waals surface area contributed by atoms with Crippen molar-refractivity contribution in [3.05, 3.63) is 57.6 Å². The zero-order valence-electron chi connectivity index (χ0n) is 12.0. The normalized spacial score (nSPS) is 10.5. The van der Waals surface area contributed by atoms with Gasteiger partial charge in [0.15, 0.2) is 5.78 Å². The molecule has 0 bridgehead atoms. The van der Waals surface area contributed by atoms with Crippen molar-refractivity contribution in [3.8, 4) is 5.75 Å². The number of rotatable bonds is 4. The van der Waals surface area contributed by atoms with Crippen LogP contribution in [0.5, 0.6) is 5.75 Å². The van der Waals surface area contributed by atoms with Gasteiger partial charge in [0.25, 0.3) is 0 Å². The smallest absolute Gasteiger partial charge is 0.170 e. The van der Waals surface area contributed by atoms with Crippen molar-refractivity contribution in [2.24, 2.45) is 0 Å². The standard InChI is InChI=1S/C16H15ClFNO2/c1-9-8-19-14(10(2)16(9)21-3)7-15(20)12-5-4-11(18)6-13(12)17/h4-6,8H,7H2,1-3H3. The molecule has 5 heteroatoms. The number of benzene rings is 1. The van der Waals surface area contributed by atoms with Crippen molar-refractivity contribution < 1.29 is 13.9 Å². The van der Waals surface area contributed by atoms with Crippen molar-refractivity contribution in [3.63, 3.8) is 0 Å². The number of hydrogen-bond acceptors (Lipinski definition) is 3. The summed E-state index contributed by atoms with van der Waals surface area (Å²) < 4.78 is 18.3. The fourth-order valence-electron chi connectivity index (χ4n) is 2.21. The van der Waals surface area contributed by atoms with Gasteiger partial charge in [-0.15, -0.1) is 0 Å². The van der Waals surface area contributed by atoms with E-state index in [1.807, 2.05) is 13.8 Å². The molecule has 1 heterocycles. The summed E-state index contributed by atoms with van der Waals surface area (Å²) in [6, 6.07) is 3.74. The number of halogens is 2. The van der Waals surface area contributed by atoms with Crippen LogP contribution in [-0.2, 0) is 6.42 Å². The quantitative estimate of drug-likeness (QED) is 0.804. The molecule has 0 unspecified atom stereocenters. The summed E-state index contributed by atoms with van der Waals surface area (Å²) in [6.07, 6.45) is 1.76. The summed E-state index contributed by atoms with van der Waals surface area (Å²) >= 11 is 5.91. The highest BCUT2D eigenvalue weighted by Crippen LogP contribution is 2.26. The van der Waals surface area contributed by atoms with E-state index in [1.54, 1.807) is 13.3 Å². The number of Topliss-reactive ketones (excluding diaryl/α,β-unsaturated/α-hetero) is 1. The number of pyridine rings is 1. The molecular formula is C16H15ClFNO2. The Balaban J connectivity index is 2.32. The number of ether oxygens (including phenoxy) is 1. The molecule has 0 spiro atoms. The molecule has 0 aliphatic carbocycles. The molecule has 0 aliphatic rings. The summed E-state index contributed by atoms with van der Waals surface area (Å²) in [5.41, 5.74) is 2.65. The second-order valence-electron chi connectivity index (χ2n) is 4.77. The third kappa shape index (κ3) is 3.22. The van der Waals surface area contributed by atoms with Crippen LogP contribution in [0.25, 0.3) is 0 Å². The monoisotopic (exact) mass is 307 g/mol. The van der Waals surface area contributed by atoms with Gasteiger partial charge in [0.2, 0.25) is 0 Å². The van der Waals surface area contributed by atoms with E-state index in [1.165, 1.54) is 12.1 Å². The average Bonchev–Trinajstić information content (AvgIpc) is 2.42. The number of hydrogen-bond donors (Lipinski definition) is 0. The van der Waals surface area contributed by atoms with E-state index < -0.39 is 5.82 Å². The van der Waals surface area contributed by atoms with Gasteiger partial charge in [0.05, 0.1) is 24.2 Å². The van der Waals surface area contributed by atoms with Crippen LogP contribution in [0.3, 0.4) is 0 Å². The Labute approximate surface area is 127 Å². The number of methoxy groups -OCH3 is 1. The lowest BCUT2D eigenvalue weighted by Crippen LogP contribution is -2.09. The van der Waals surface area contributed by atoms with E-state index in [4.69, 9.17) is 16.3 Å². The highest BCUT2D eigenvalue weighted by Gasteiger charge is 2.16. The number of carbonyl (C=O) groups is 1. The first-order chi connectivity index (χ1) is 9.93. The second-order valence-corrected chi connectivity index (χ2v) is 5.18. The summed E-state index contributed by atoms with van der Waals surface area (Å²) in [5.74, 6) is 0.0439. The minimum atomic E-state index is -0.470. The van der Waals surface area contributed by atoms with Gasteiger partial charge in [0.1, 0.15) is 11.6 Å². The lowest BCUT2D eigenvalue weighted by molar-refractivity contribution is 0.0991. The molecule has 0 saturated heterocycles. The van der Waals surface area contributed by atoms with Gasteiger partial charge in [-0.1, -0.05) is 11.6 Å². The molecule has 0 saturated carbocycles. The van der Waals surface area contributed by atoms with Gasteiger partial charge in [-0.3, -0.25) is 9.78 Å². The number of ketones is 1. The molecule has 0 fully saturated rings. The Morgan fingerprint density at radius 1 is 1.38 bits per heavy atom. The first-order valence-electron chi connectivity index (χ1n) is 6.41. The number of aryl methyl sites for hydroxylation is 1. The van der Waals surface area contributed by atoms with E-state index in [0.29, 0.717) is 11.3 Å².